The van der Waals surface area contributed by atoms with Crippen LogP contribution in [0.4, 0.5) is 4.79 Å². The molecule has 3 N–H and O–H groups in total. The number of amidine groups is 1. The Balaban J connectivity index is 1.93. The number of aliphatic imine (C=N–C) groups is 1. The Bertz CT molecular complexity index is 1100. The Kier molecular flexibility index (Phi) is 8.60. The Morgan fingerprint density at radius 2 is 1.95 bits per heavy atom. The van der Waals surface area contributed by atoms with Crippen LogP contribution in [0.1, 0.15) is 59.9 Å². The molecule has 2 aliphatic rings. The molecule has 0 aliphatic carbocycles. The van der Waals surface area contributed by atoms with Gasteiger partial charge in [0.15, 0.2) is 19.9 Å². The maximum Gasteiger partial charge on any atom is 0.323 e. The first kappa shape index (κ1) is 30.0. The molecule has 0 spiro atoms. The van der Waals surface area contributed by atoms with Gasteiger partial charge in [-0.3, -0.25) is 10.7 Å². The van der Waals surface area contributed by atoms with Crippen LogP contribution in [0.15, 0.2) is 17.1 Å². The van der Waals surface area contributed by atoms with Crippen LogP contribution in [-0.4, -0.2) is 80.2 Å². The van der Waals surface area contributed by atoms with Gasteiger partial charge in [-0.15, -0.1) is 0 Å². The lowest BCUT2D eigenvalue weighted by Crippen LogP contribution is -2.44. The van der Waals surface area contributed by atoms with E-state index in [0.29, 0.717) is 24.5 Å². The monoisotopic (exact) mass is 546 g/mol. The van der Waals surface area contributed by atoms with Gasteiger partial charge in [-0.25, -0.2) is 9.79 Å². The van der Waals surface area contributed by atoms with E-state index in [9.17, 15) is 10.1 Å². The second kappa shape index (κ2) is 10.9. The van der Waals surface area contributed by atoms with Gasteiger partial charge >= 0.3 is 6.03 Å². The topological polar surface area (TPSA) is 145 Å². The van der Waals surface area contributed by atoms with Gasteiger partial charge in [0.05, 0.1) is 18.0 Å². The van der Waals surface area contributed by atoms with Crippen LogP contribution in [0.3, 0.4) is 0 Å². The lowest BCUT2D eigenvalue weighted by Gasteiger charge is -2.37. The lowest BCUT2D eigenvalue weighted by molar-refractivity contribution is -0.203. The van der Waals surface area contributed by atoms with E-state index in [4.69, 9.17) is 24.0 Å². The Morgan fingerprint density at radius 1 is 1.29 bits per heavy atom. The van der Waals surface area contributed by atoms with E-state index >= 15 is 0 Å². The molecular weight excluding hydrogens is 504 g/mol. The zero-order valence-electron chi connectivity index (χ0n) is 24.0. The summed E-state index contributed by atoms with van der Waals surface area (Å²) in [5.41, 5.74) is -0.634. The van der Waals surface area contributed by atoms with Crippen molar-refractivity contribution >= 4 is 26.5 Å². The van der Waals surface area contributed by atoms with Gasteiger partial charge in [-0.2, -0.15) is 5.26 Å². The largest absolute Gasteiger partial charge is 0.414 e. The van der Waals surface area contributed by atoms with Crippen molar-refractivity contribution in [1.29, 1.82) is 10.7 Å². The number of carbonyl (C=O) groups excluding carboxylic acids is 1. The standard InChI is InChI=1S/C26H42N6O5Si/c1-10-32(11-2)23(33)31-22(29-16-28)17-12-13-19(30-17)26(15-27)21-20(36-25(6,7)37-21)18(35-26)14-34-38(8,9)24(3,4)5/h12-13,16,18,20-21,30H,10-11,14H2,1-9H3,(H2,28,29,31,33)/t18-,20-,21-,26+/m1/s1. The van der Waals surface area contributed by atoms with Crippen molar-refractivity contribution in [2.45, 2.75) is 96.3 Å². The summed E-state index contributed by atoms with van der Waals surface area (Å²) in [4.78, 5) is 21.5. The van der Waals surface area contributed by atoms with Crippen LogP contribution in [0.25, 0.3) is 0 Å². The fraction of sp³-hybridized carbons (Fsp3) is 0.692. The van der Waals surface area contributed by atoms with Gasteiger partial charge in [-0.05, 0) is 58.0 Å². The predicted octanol–water partition coefficient (Wildman–Crippen LogP) is 4.08. The molecule has 0 aromatic carbocycles. The van der Waals surface area contributed by atoms with Gasteiger partial charge in [-0.1, -0.05) is 20.8 Å². The summed E-state index contributed by atoms with van der Waals surface area (Å²) in [7, 11) is -2.09. The molecule has 12 heteroatoms. The number of urea groups is 1. The van der Waals surface area contributed by atoms with E-state index in [2.05, 4.69) is 55.2 Å². The summed E-state index contributed by atoms with van der Waals surface area (Å²) in [6.07, 6.45) is -0.904. The summed E-state index contributed by atoms with van der Waals surface area (Å²) in [5.74, 6) is -0.747. The van der Waals surface area contributed by atoms with Crippen LogP contribution < -0.4 is 5.32 Å². The highest BCUT2D eigenvalue weighted by atomic mass is 28.4. The van der Waals surface area contributed by atoms with Gasteiger partial charge in [0.25, 0.3) is 0 Å². The van der Waals surface area contributed by atoms with Crippen molar-refractivity contribution in [2.75, 3.05) is 19.7 Å². The second-order valence-corrected chi connectivity index (χ2v) is 16.4. The molecule has 1 aromatic heterocycles. The zero-order chi connectivity index (χ0) is 28.5. The minimum Gasteiger partial charge on any atom is -0.414 e. The van der Waals surface area contributed by atoms with Crippen molar-refractivity contribution in [3.63, 3.8) is 0 Å². The molecule has 3 heterocycles. The third-order valence-corrected chi connectivity index (χ3v) is 12.1. The van der Waals surface area contributed by atoms with Crippen LogP contribution >= 0.6 is 0 Å². The summed E-state index contributed by atoms with van der Waals surface area (Å²) in [6.45, 7) is 19.6. The number of nitriles is 1. The number of nitrogens with one attached hydrogen (secondary N) is 3. The van der Waals surface area contributed by atoms with Crippen LogP contribution in [0.5, 0.6) is 0 Å². The number of ether oxygens (including phenoxy) is 3. The van der Waals surface area contributed by atoms with Gasteiger partial charge < -0.3 is 28.5 Å². The number of aromatic amines is 1. The smallest absolute Gasteiger partial charge is 0.323 e. The molecule has 38 heavy (non-hydrogen) atoms. The molecule has 2 saturated heterocycles. The number of hydrogen-bond donors (Lipinski definition) is 3. The van der Waals surface area contributed by atoms with E-state index in [0.717, 1.165) is 6.34 Å². The Labute approximate surface area is 226 Å². The fourth-order valence-corrected chi connectivity index (χ4v) is 5.44. The number of nitrogens with zero attached hydrogens (tertiary/aromatic N) is 3. The Hall–Kier alpha value is -2.56. The van der Waals surface area contributed by atoms with E-state index in [1.807, 2.05) is 27.7 Å². The van der Waals surface area contributed by atoms with Crippen LogP contribution in [0, 0.1) is 16.7 Å². The predicted molar refractivity (Wildman–Crippen MR) is 147 cm³/mol. The van der Waals surface area contributed by atoms with Gasteiger partial charge in [0.1, 0.15) is 30.7 Å². The maximum absolute atomic E-state index is 12.7. The number of hydrogen-bond acceptors (Lipinski definition) is 7. The van der Waals surface area contributed by atoms with Crippen LogP contribution in [-0.2, 0) is 24.2 Å². The highest BCUT2D eigenvalue weighted by molar-refractivity contribution is 6.74. The molecule has 0 saturated carbocycles. The molecule has 210 valence electrons. The normalized spacial score (nSPS) is 27.1. The molecule has 0 unspecified atom stereocenters. The fourth-order valence-electron chi connectivity index (χ4n) is 4.43. The van der Waals surface area contributed by atoms with Crippen molar-refractivity contribution in [2.24, 2.45) is 4.99 Å². The summed E-state index contributed by atoms with van der Waals surface area (Å²) in [6, 6.07) is 5.41. The number of fused-ring (bicyclic) bond motifs is 1. The molecule has 4 atom stereocenters. The number of H-pyrrole nitrogens is 1. The Morgan fingerprint density at radius 3 is 2.50 bits per heavy atom. The molecule has 0 radical (unpaired) electrons. The van der Waals surface area contributed by atoms with Crippen LogP contribution in [0.2, 0.25) is 18.1 Å². The van der Waals surface area contributed by atoms with Crippen molar-refractivity contribution < 1.29 is 23.4 Å². The van der Waals surface area contributed by atoms with E-state index < -0.39 is 38.0 Å². The number of amides is 2. The molecule has 2 aliphatic heterocycles. The molecule has 0 bridgehead atoms. The number of carbonyl (C=O) groups is 1. The van der Waals surface area contributed by atoms with Crippen molar-refractivity contribution in [1.82, 2.24) is 15.2 Å². The molecule has 3 rings (SSSR count). The van der Waals surface area contributed by atoms with Gasteiger partial charge in [0, 0.05) is 13.1 Å². The minimum atomic E-state index is -2.09. The minimum absolute atomic E-state index is 0.0121. The average Bonchev–Trinajstić information content (AvgIpc) is 3.51. The molecule has 1 aromatic rings. The first-order valence-corrected chi connectivity index (χ1v) is 16.0. The first-order chi connectivity index (χ1) is 17.6. The summed E-state index contributed by atoms with van der Waals surface area (Å²) in [5, 5.41) is 20.7. The third-order valence-electron chi connectivity index (χ3n) is 7.63. The van der Waals surface area contributed by atoms with E-state index in [1.165, 1.54) is 0 Å². The summed E-state index contributed by atoms with van der Waals surface area (Å²) >= 11 is 0. The van der Waals surface area contributed by atoms with Crippen molar-refractivity contribution in [3.8, 4) is 6.07 Å². The first-order valence-electron chi connectivity index (χ1n) is 13.1. The zero-order valence-corrected chi connectivity index (χ0v) is 25.0. The average molecular weight is 547 g/mol. The quantitative estimate of drug-likeness (QED) is 0.254. The van der Waals surface area contributed by atoms with E-state index in [-0.39, 0.29) is 23.5 Å². The van der Waals surface area contributed by atoms with E-state index in [1.54, 1.807) is 17.0 Å². The highest BCUT2D eigenvalue weighted by Crippen LogP contribution is 2.49. The highest BCUT2D eigenvalue weighted by Gasteiger charge is 2.65. The molecular formula is C26H42N6O5Si. The molecule has 2 fully saturated rings. The summed E-state index contributed by atoms with van der Waals surface area (Å²) < 4.78 is 25.3. The molecule has 2 amide bonds. The SMILES string of the molecule is CCN(CC)C(=O)NC(=NC=N)c1ccc([C@]2(C#N)O[C@H](CO[Si](C)(C)C(C)(C)C)[C@H]3OC(C)(C)O[C@H]32)[nH]1. The van der Waals surface area contributed by atoms with Crippen molar-refractivity contribution in [3.05, 3.63) is 23.5 Å². The number of rotatable bonds is 8. The lowest BCUT2D eigenvalue weighted by atomic mass is 9.93. The van der Waals surface area contributed by atoms with Gasteiger partial charge in [0.2, 0.25) is 5.60 Å². The maximum atomic E-state index is 12.7. The number of aromatic nitrogens is 1. The second-order valence-electron chi connectivity index (χ2n) is 11.6. The molecule has 11 nitrogen and oxygen atoms in total. The third kappa shape index (κ3) is 5.72.